The van der Waals surface area contributed by atoms with Crippen molar-refractivity contribution in [3.63, 3.8) is 0 Å². The molecule has 0 radical (unpaired) electrons. The van der Waals surface area contributed by atoms with E-state index in [9.17, 15) is 5.11 Å². The maximum atomic E-state index is 9.23. The van der Waals surface area contributed by atoms with Gasteiger partial charge in [-0.15, -0.1) is 0 Å². The van der Waals surface area contributed by atoms with Gasteiger partial charge in [0, 0.05) is 63.9 Å². The van der Waals surface area contributed by atoms with Gasteiger partial charge in [0.15, 0.2) is 11.6 Å². The number of aromatic nitrogens is 2. The Morgan fingerprint density at radius 1 is 0.935 bits per heavy atom. The Hall–Kier alpha value is -2.13. The van der Waals surface area contributed by atoms with Crippen LogP contribution in [0, 0.1) is 0 Å². The molecular formula is C22H31ClN6O2. The van der Waals surface area contributed by atoms with Gasteiger partial charge in [-0.25, -0.2) is 4.98 Å². The van der Waals surface area contributed by atoms with Crippen molar-refractivity contribution in [3.05, 3.63) is 35.5 Å². The summed E-state index contributed by atoms with van der Waals surface area (Å²) in [6.07, 6.45) is 1.79. The van der Waals surface area contributed by atoms with E-state index >= 15 is 0 Å². The summed E-state index contributed by atoms with van der Waals surface area (Å²) in [6.45, 7) is 11.5. The zero-order chi connectivity index (χ0) is 21.6. The fourth-order valence-electron chi connectivity index (χ4n) is 4.02. The van der Waals surface area contributed by atoms with Crippen LogP contribution in [0.1, 0.15) is 6.92 Å². The van der Waals surface area contributed by atoms with E-state index in [4.69, 9.17) is 21.3 Å². The SMILES string of the molecule is CCN1CCN(c2ncc(Oc3ccc(Cl)cc3)c(N3CCN(CCO)CC3)n2)CC1. The molecule has 0 bridgehead atoms. The first-order chi connectivity index (χ1) is 15.2. The van der Waals surface area contributed by atoms with Crippen LogP contribution >= 0.6 is 11.6 Å². The van der Waals surface area contributed by atoms with Gasteiger partial charge in [-0.3, -0.25) is 4.90 Å². The van der Waals surface area contributed by atoms with E-state index in [1.165, 1.54) is 0 Å². The molecule has 4 rings (SSSR count). The molecule has 0 spiro atoms. The Kier molecular flexibility index (Phi) is 7.45. The molecule has 3 heterocycles. The molecule has 2 fully saturated rings. The number of β-amino-alcohol motifs (C(OH)–C–C–N with tert-alkyl or cyclic N) is 1. The maximum Gasteiger partial charge on any atom is 0.227 e. The van der Waals surface area contributed by atoms with Crippen molar-refractivity contribution in [1.29, 1.82) is 0 Å². The molecule has 2 aliphatic heterocycles. The van der Waals surface area contributed by atoms with Crippen LogP contribution in [0.2, 0.25) is 5.02 Å². The van der Waals surface area contributed by atoms with Crippen LogP contribution in [0.5, 0.6) is 11.5 Å². The number of aliphatic hydroxyl groups excluding tert-OH is 1. The number of hydrogen-bond acceptors (Lipinski definition) is 8. The lowest BCUT2D eigenvalue weighted by atomic mass is 10.3. The second-order valence-corrected chi connectivity index (χ2v) is 8.32. The summed E-state index contributed by atoms with van der Waals surface area (Å²) in [5.74, 6) is 2.93. The summed E-state index contributed by atoms with van der Waals surface area (Å²) in [4.78, 5) is 18.8. The van der Waals surface area contributed by atoms with Gasteiger partial charge in [0.05, 0.1) is 12.8 Å². The molecule has 168 valence electrons. The number of ether oxygens (including phenoxy) is 1. The van der Waals surface area contributed by atoms with Gasteiger partial charge in [0.25, 0.3) is 0 Å². The molecule has 0 saturated carbocycles. The lowest BCUT2D eigenvalue weighted by molar-refractivity contribution is 0.188. The number of nitrogens with zero attached hydrogens (tertiary/aromatic N) is 6. The van der Waals surface area contributed by atoms with E-state index in [0.29, 0.717) is 23.1 Å². The van der Waals surface area contributed by atoms with E-state index < -0.39 is 0 Å². The van der Waals surface area contributed by atoms with Crippen LogP contribution in [0.25, 0.3) is 0 Å². The molecule has 2 aliphatic rings. The Morgan fingerprint density at radius 2 is 1.58 bits per heavy atom. The predicted octanol–water partition coefficient (Wildman–Crippen LogP) is 2.18. The van der Waals surface area contributed by atoms with Crippen LogP contribution in [-0.4, -0.2) is 96.9 Å². The average Bonchev–Trinajstić information content (AvgIpc) is 2.82. The third-order valence-electron chi connectivity index (χ3n) is 5.96. The summed E-state index contributed by atoms with van der Waals surface area (Å²) in [7, 11) is 0. The number of likely N-dealkylation sites (N-methyl/N-ethyl adjacent to an activating group) is 1. The Balaban J connectivity index is 1.56. The highest BCUT2D eigenvalue weighted by atomic mass is 35.5. The number of piperazine rings is 2. The number of benzene rings is 1. The van der Waals surface area contributed by atoms with Crippen molar-refractivity contribution < 1.29 is 9.84 Å². The van der Waals surface area contributed by atoms with E-state index in [0.717, 1.165) is 70.7 Å². The van der Waals surface area contributed by atoms with Crippen molar-refractivity contribution in [2.45, 2.75) is 6.92 Å². The molecule has 0 atom stereocenters. The van der Waals surface area contributed by atoms with Crippen molar-refractivity contribution in [2.75, 3.05) is 81.9 Å². The Morgan fingerprint density at radius 3 is 2.23 bits per heavy atom. The minimum Gasteiger partial charge on any atom is -0.452 e. The molecule has 1 N–H and O–H groups in total. The van der Waals surface area contributed by atoms with Gasteiger partial charge in [-0.1, -0.05) is 18.5 Å². The van der Waals surface area contributed by atoms with Crippen LogP contribution in [0.3, 0.4) is 0 Å². The average molecular weight is 447 g/mol. The third-order valence-corrected chi connectivity index (χ3v) is 6.21. The maximum absolute atomic E-state index is 9.23. The second-order valence-electron chi connectivity index (χ2n) is 7.89. The fourth-order valence-corrected chi connectivity index (χ4v) is 4.15. The fraction of sp³-hybridized carbons (Fsp3) is 0.545. The summed E-state index contributed by atoms with van der Waals surface area (Å²) in [5.41, 5.74) is 0. The minimum atomic E-state index is 0.187. The van der Waals surface area contributed by atoms with Gasteiger partial charge in [0.2, 0.25) is 5.95 Å². The van der Waals surface area contributed by atoms with Crippen molar-refractivity contribution >= 4 is 23.4 Å². The molecule has 0 unspecified atom stereocenters. The van der Waals surface area contributed by atoms with Crippen molar-refractivity contribution in [1.82, 2.24) is 19.8 Å². The topological polar surface area (TPSA) is 68.2 Å². The van der Waals surface area contributed by atoms with Crippen LogP contribution in [0.15, 0.2) is 30.5 Å². The normalized spacial score (nSPS) is 18.4. The standard InChI is InChI=1S/C22H31ClN6O2/c1-2-26-7-13-29(14-8-26)22-24-17-20(31-19-5-3-18(23)4-6-19)21(25-22)28-11-9-27(10-12-28)15-16-30/h3-6,17,30H,2,7-16H2,1H3. The van der Waals surface area contributed by atoms with Crippen molar-refractivity contribution in [3.8, 4) is 11.5 Å². The zero-order valence-corrected chi connectivity index (χ0v) is 18.8. The molecule has 1 aromatic carbocycles. The van der Waals surface area contributed by atoms with E-state index in [1.807, 2.05) is 24.3 Å². The van der Waals surface area contributed by atoms with Gasteiger partial charge < -0.3 is 24.5 Å². The number of halogens is 1. The van der Waals surface area contributed by atoms with Gasteiger partial charge in [-0.2, -0.15) is 4.98 Å². The Bertz CT molecular complexity index is 836. The lowest BCUT2D eigenvalue weighted by Crippen LogP contribution is -2.48. The first-order valence-electron chi connectivity index (χ1n) is 11.0. The number of aliphatic hydroxyl groups is 1. The monoisotopic (exact) mass is 446 g/mol. The predicted molar refractivity (Wildman–Crippen MR) is 124 cm³/mol. The number of rotatable bonds is 7. The molecule has 2 aromatic rings. The van der Waals surface area contributed by atoms with Gasteiger partial charge in [0.1, 0.15) is 5.75 Å². The highest BCUT2D eigenvalue weighted by Crippen LogP contribution is 2.33. The van der Waals surface area contributed by atoms with Crippen LogP contribution in [-0.2, 0) is 0 Å². The molecule has 1 aromatic heterocycles. The summed E-state index contributed by atoms with van der Waals surface area (Å²) >= 11 is 6.01. The smallest absolute Gasteiger partial charge is 0.227 e. The second kappa shape index (κ2) is 10.5. The first kappa shape index (κ1) is 22.1. The van der Waals surface area contributed by atoms with Gasteiger partial charge in [-0.05, 0) is 30.8 Å². The molecule has 31 heavy (non-hydrogen) atoms. The largest absolute Gasteiger partial charge is 0.452 e. The van der Waals surface area contributed by atoms with Crippen LogP contribution in [0.4, 0.5) is 11.8 Å². The van der Waals surface area contributed by atoms with E-state index in [-0.39, 0.29) is 6.61 Å². The summed E-state index contributed by atoms with van der Waals surface area (Å²) in [5, 5.41) is 9.90. The number of hydrogen-bond donors (Lipinski definition) is 1. The lowest BCUT2D eigenvalue weighted by Gasteiger charge is -2.37. The van der Waals surface area contributed by atoms with E-state index in [2.05, 4.69) is 31.5 Å². The van der Waals surface area contributed by atoms with Gasteiger partial charge >= 0.3 is 0 Å². The van der Waals surface area contributed by atoms with Crippen LogP contribution < -0.4 is 14.5 Å². The molecule has 2 saturated heterocycles. The summed E-state index contributed by atoms with van der Waals surface area (Å²) in [6, 6.07) is 7.33. The first-order valence-corrected chi connectivity index (χ1v) is 11.4. The highest BCUT2D eigenvalue weighted by Gasteiger charge is 2.24. The quantitative estimate of drug-likeness (QED) is 0.694. The highest BCUT2D eigenvalue weighted by molar-refractivity contribution is 6.30. The zero-order valence-electron chi connectivity index (χ0n) is 18.1. The minimum absolute atomic E-state index is 0.187. The molecular weight excluding hydrogens is 416 g/mol. The third kappa shape index (κ3) is 5.57. The molecule has 9 heteroatoms. The van der Waals surface area contributed by atoms with Crippen molar-refractivity contribution in [2.24, 2.45) is 0 Å². The Labute approximate surface area is 189 Å². The summed E-state index contributed by atoms with van der Waals surface area (Å²) < 4.78 is 6.16. The molecule has 8 nitrogen and oxygen atoms in total. The van der Waals surface area contributed by atoms with E-state index in [1.54, 1.807) is 6.20 Å². The molecule has 0 aliphatic carbocycles. The molecule has 0 amide bonds. The number of anilines is 2.